The fraction of sp³-hybridized carbons (Fsp3) is 0.750. The van der Waals surface area contributed by atoms with Gasteiger partial charge < -0.3 is 15.2 Å². The number of carboxylic acid groups (broad SMARTS) is 1. The van der Waals surface area contributed by atoms with Crippen molar-refractivity contribution in [2.75, 3.05) is 31.8 Å². The number of rotatable bonds is 8. The van der Waals surface area contributed by atoms with Crippen molar-refractivity contribution in [3.8, 4) is 0 Å². The number of methoxy groups -OCH3 is 1. The molecule has 0 rings (SSSR count). The van der Waals surface area contributed by atoms with Crippen LogP contribution in [0.1, 0.15) is 6.42 Å². The van der Waals surface area contributed by atoms with E-state index in [4.69, 9.17) is 5.11 Å². The van der Waals surface area contributed by atoms with Gasteiger partial charge in [-0.1, -0.05) is 0 Å². The van der Waals surface area contributed by atoms with E-state index in [9.17, 15) is 9.59 Å². The maximum atomic E-state index is 10.8. The summed E-state index contributed by atoms with van der Waals surface area (Å²) in [5, 5.41) is 11.0. The number of carboxylic acids is 1. The van der Waals surface area contributed by atoms with Gasteiger partial charge in [0.25, 0.3) is 0 Å². The minimum absolute atomic E-state index is 0.0692. The Bertz CT molecular complexity index is 186. The number of thioether (sulfide) groups is 1. The van der Waals surface area contributed by atoms with Crippen LogP contribution in [0.15, 0.2) is 0 Å². The summed E-state index contributed by atoms with van der Waals surface area (Å²) in [5.74, 6) is 0.366. The molecule has 6 heteroatoms. The topological polar surface area (TPSA) is 75.6 Å². The minimum atomic E-state index is -0.791. The summed E-state index contributed by atoms with van der Waals surface area (Å²) in [4.78, 5) is 21.0. The molecule has 14 heavy (non-hydrogen) atoms. The van der Waals surface area contributed by atoms with E-state index in [1.807, 2.05) is 0 Å². The summed E-state index contributed by atoms with van der Waals surface area (Å²) >= 11 is 1.51. The molecule has 0 heterocycles. The molecule has 0 unspecified atom stereocenters. The SMILES string of the molecule is COCC(=O)NCCSCCC(=O)O. The summed E-state index contributed by atoms with van der Waals surface area (Å²) in [7, 11) is 1.46. The Morgan fingerprint density at radius 1 is 1.43 bits per heavy atom. The van der Waals surface area contributed by atoms with Crippen molar-refractivity contribution < 1.29 is 19.4 Å². The molecular weight excluding hydrogens is 206 g/mol. The second-order valence-corrected chi connectivity index (χ2v) is 3.76. The van der Waals surface area contributed by atoms with Crippen LogP contribution in [-0.4, -0.2) is 48.8 Å². The Kier molecular flexibility index (Phi) is 8.36. The molecule has 0 aromatic carbocycles. The lowest BCUT2D eigenvalue weighted by molar-refractivity contribution is -0.136. The third-order valence-corrected chi connectivity index (χ3v) is 2.29. The van der Waals surface area contributed by atoms with Gasteiger partial charge in [-0.25, -0.2) is 0 Å². The summed E-state index contributed by atoms with van der Waals surface area (Å²) in [6.45, 7) is 0.617. The average molecular weight is 221 g/mol. The molecule has 0 aliphatic rings. The van der Waals surface area contributed by atoms with E-state index in [1.54, 1.807) is 0 Å². The molecule has 0 atom stereocenters. The van der Waals surface area contributed by atoms with E-state index < -0.39 is 5.97 Å². The van der Waals surface area contributed by atoms with Crippen molar-refractivity contribution in [1.82, 2.24) is 5.32 Å². The number of ether oxygens (including phenoxy) is 1. The van der Waals surface area contributed by atoms with Crippen LogP contribution < -0.4 is 5.32 Å². The van der Waals surface area contributed by atoms with Gasteiger partial charge >= 0.3 is 5.97 Å². The van der Waals surface area contributed by atoms with Gasteiger partial charge in [0.1, 0.15) is 6.61 Å². The molecule has 0 aromatic heterocycles. The highest BCUT2D eigenvalue weighted by atomic mass is 32.2. The van der Waals surface area contributed by atoms with Gasteiger partial charge in [-0.3, -0.25) is 9.59 Å². The normalized spacial score (nSPS) is 9.79. The van der Waals surface area contributed by atoms with Crippen LogP contribution in [0.2, 0.25) is 0 Å². The molecule has 5 nitrogen and oxygen atoms in total. The first-order chi connectivity index (χ1) is 6.66. The number of carbonyl (C=O) groups is 2. The highest BCUT2D eigenvalue weighted by Gasteiger charge is 1.99. The Morgan fingerprint density at radius 3 is 2.71 bits per heavy atom. The molecule has 0 spiro atoms. The van der Waals surface area contributed by atoms with Crippen molar-refractivity contribution in [3.63, 3.8) is 0 Å². The molecule has 2 N–H and O–H groups in total. The second kappa shape index (κ2) is 8.83. The molecule has 82 valence electrons. The van der Waals surface area contributed by atoms with Crippen molar-refractivity contribution in [3.05, 3.63) is 0 Å². The maximum absolute atomic E-state index is 10.8. The van der Waals surface area contributed by atoms with Gasteiger partial charge in [0.05, 0.1) is 6.42 Å². The Hall–Kier alpha value is -0.750. The molecule has 0 aromatic rings. The van der Waals surface area contributed by atoms with Gasteiger partial charge in [-0.05, 0) is 0 Å². The molecule has 0 saturated carbocycles. The van der Waals surface area contributed by atoms with E-state index in [-0.39, 0.29) is 18.9 Å². The smallest absolute Gasteiger partial charge is 0.304 e. The number of hydrogen-bond donors (Lipinski definition) is 2. The second-order valence-electron chi connectivity index (χ2n) is 2.54. The number of aliphatic carboxylic acids is 1. The first-order valence-electron chi connectivity index (χ1n) is 4.22. The highest BCUT2D eigenvalue weighted by Crippen LogP contribution is 2.00. The lowest BCUT2D eigenvalue weighted by atomic mass is 10.5. The van der Waals surface area contributed by atoms with Crippen LogP contribution in [0, 0.1) is 0 Å². The zero-order valence-electron chi connectivity index (χ0n) is 8.12. The standard InChI is InChI=1S/C8H15NO4S/c1-13-6-7(10)9-3-5-14-4-2-8(11)12/h2-6H2,1H3,(H,9,10)(H,11,12). The zero-order valence-corrected chi connectivity index (χ0v) is 8.93. The van der Waals surface area contributed by atoms with Crippen molar-refractivity contribution in [2.45, 2.75) is 6.42 Å². The summed E-state index contributed by atoms with van der Waals surface area (Å²) in [5.41, 5.74) is 0. The Labute approximate surface area is 87.2 Å². The van der Waals surface area contributed by atoms with Crippen LogP contribution in [0.25, 0.3) is 0 Å². The first-order valence-corrected chi connectivity index (χ1v) is 5.37. The predicted octanol–water partition coefficient (Wildman–Crippen LogP) is -0.0431. The fourth-order valence-corrected chi connectivity index (χ4v) is 1.48. The lowest BCUT2D eigenvalue weighted by Gasteiger charge is -2.03. The Morgan fingerprint density at radius 2 is 2.14 bits per heavy atom. The molecule has 0 fully saturated rings. The van der Waals surface area contributed by atoms with E-state index in [2.05, 4.69) is 10.1 Å². The van der Waals surface area contributed by atoms with Gasteiger partial charge in [-0.15, -0.1) is 0 Å². The molecule has 0 saturated heterocycles. The molecule has 0 aliphatic heterocycles. The average Bonchev–Trinajstić information content (AvgIpc) is 2.11. The van der Waals surface area contributed by atoms with Gasteiger partial charge in [0.15, 0.2) is 0 Å². The zero-order chi connectivity index (χ0) is 10.8. The van der Waals surface area contributed by atoms with Crippen LogP contribution in [0.3, 0.4) is 0 Å². The molecule has 0 radical (unpaired) electrons. The van der Waals surface area contributed by atoms with E-state index in [0.717, 1.165) is 5.75 Å². The van der Waals surface area contributed by atoms with Crippen LogP contribution in [-0.2, 0) is 14.3 Å². The molecule has 1 amide bonds. The van der Waals surface area contributed by atoms with Gasteiger partial charge in [0.2, 0.25) is 5.91 Å². The molecule has 0 bridgehead atoms. The quantitative estimate of drug-likeness (QED) is 0.562. The monoisotopic (exact) mass is 221 g/mol. The summed E-state index contributed by atoms with van der Waals surface area (Å²) in [6, 6.07) is 0. The highest BCUT2D eigenvalue weighted by molar-refractivity contribution is 7.99. The predicted molar refractivity (Wildman–Crippen MR) is 54.5 cm³/mol. The third-order valence-electron chi connectivity index (χ3n) is 1.30. The van der Waals surface area contributed by atoms with E-state index >= 15 is 0 Å². The molecule has 0 aliphatic carbocycles. The maximum Gasteiger partial charge on any atom is 0.304 e. The first kappa shape index (κ1) is 13.2. The number of nitrogens with one attached hydrogen (secondary N) is 1. The fourth-order valence-electron chi connectivity index (χ4n) is 0.706. The third kappa shape index (κ3) is 9.34. The van der Waals surface area contributed by atoms with Crippen molar-refractivity contribution in [2.24, 2.45) is 0 Å². The van der Waals surface area contributed by atoms with Gasteiger partial charge in [0, 0.05) is 25.2 Å². The number of carbonyl (C=O) groups excluding carboxylic acids is 1. The van der Waals surface area contributed by atoms with Crippen molar-refractivity contribution >= 4 is 23.6 Å². The van der Waals surface area contributed by atoms with Gasteiger partial charge in [-0.2, -0.15) is 11.8 Å². The number of hydrogen-bond acceptors (Lipinski definition) is 4. The lowest BCUT2D eigenvalue weighted by Crippen LogP contribution is -2.29. The summed E-state index contributed by atoms with van der Waals surface area (Å²) < 4.78 is 4.62. The Balaban J connectivity index is 3.13. The number of amides is 1. The largest absolute Gasteiger partial charge is 0.481 e. The van der Waals surface area contributed by atoms with Crippen LogP contribution in [0.4, 0.5) is 0 Å². The van der Waals surface area contributed by atoms with Crippen LogP contribution in [0.5, 0.6) is 0 Å². The minimum Gasteiger partial charge on any atom is -0.481 e. The van der Waals surface area contributed by atoms with E-state index in [0.29, 0.717) is 12.3 Å². The van der Waals surface area contributed by atoms with Crippen LogP contribution >= 0.6 is 11.8 Å². The molecular formula is C8H15NO4S. The van der Waals surface area contributed by atoms with E-state index in [1.165, 1.54) is 18.9 Å². The summed E-state index contributed by atoms with van der Waals surface area (Å²) in [6.07, 6.45) is 0.163. The van der Waals surface area contributed by atoms with Crippen molar-refractivity contribution in [1.29, 1.82) is 0 Å².